The van der Waals surface area contributed by atoms with Crippen molar-refractivity contribution in [1.29, 1.82) is 0 Å². The van der Waals surface area contributed by atoms with Crippen LogP contribution in [0.4, 0.5) is 0 Å². The van der Waals surface area contributed by atoms with Gasteiger partial charge < -0.3 is 0 Å². The van der Waals surface area contributed by atoms with Gasteiger partial charge in [0.15, 0.2) is 5.78 Å². The molecule has 166 valence electrons. The molecular weight excluding hydrogens is 418 g/mol. The first kappa shape index (κ1) is 22.1. The van der Waals surface area contributed by atoms with Gasteiger partial charge in [-0.15, -0.1) is 0 Å². The standard InChI is InChI=1S/C26H23N3O4/c1-2-7-23-27-21-11-6-8-19(24(21)26(32)29(23)20-9-4-3-5-10-20)16-22(30)17-12-14-18(15-13-17)25(31)28-33/h3-6,8-15,33H,2,7,16H2,1H3,(H,28,31). The van der Waals surface area contributed by atoms with Crippen LogP contribution in [0.15, 0.2) is 77.6 Å². The Morgan fingerprint density at radius 1 is 0.939 bits per heavy atom. The Morgan fingerprint density at radius 2 is 1.64 bits per heavy atom. The maximum atomic E-state index is 13.7. The molecule has 0 saturated carbocycles. The number of carbonyl (C=O) groups is 2. The van der Waals surface area contributed by atoms with E-state index in [1.54, 1.807) is 28.2 Å². The zero-order valence-corrected chi connectivity index (χ0v) is 18.1. The van der Waals surface area contributed by atoms with Crippen molar-refractivity contribution in [3.8, 4) is 5.69 Å². The SMILES string of the molecule is CCCc1nc2cccc(CC(=O)c3ccc(C(=O)NO)cc3)c2c(=O)n1-c1ccccc1. The van der Waals surface area contributed by atoms with Crippen molar-refractivity contribution >= 4 is 22.6 Å². The van der Waals surface area contributed by atoms with Crippen LogP contribution in [0.1, 0.15) is 45.4 Å². The second-order valence-corrected chi connectivity index (χ2v) is 7.68. The van der Waals surface area contributed by atoms with Crippen LogP contribution in [0.25, 0.3) is 16.6 Å². The molecule has 3 aromatic carbocycles. The van der Waals surface area contributed by atoms with Crippen LogP contribution in [0, 0.1) is 0 Å². The molecule has 0 bridgehead atoms. The Bertz CT molecular complexity index is 1380. The minimum Gasteiger partial charge on any atom is -0.294 e. The number of ketones is 1. The Labute approximate surface area is 190 Å². The number of hydroxylamine groups is 1. The van der Waals surface area contributed by atoms with Crippen LogP contribution in [0.5, 0.6) is 0 Å². The molecule has 0 atom stereocenters. The number of nitrogens with zero attached hydrogens (tertiary/aromatic N) is 2. The molecule has 0 spiro atoms. The third kappa shape index (κ3) is 4.44. The topological polar surface area (TPSA) is 101 Å². The molecule has 2 N–H and O–H groups in total. The van der Waals surface area contributed by atoms with Gasteiger partial charge in [0.1, 0.15) is 5.82 Å². The second kappa shape index (κ2) is 9.58. The number of carbonyl (C=O) groups excluding carboxylic acids is 2. The molecule has 0 aliphatic rings. The lowest BCUT2D eigenvalue weighted by Crippen LogP contribution is -2.25. The molecular formula is C26H23N3O4. The molecule has 1 aromatic heterocycles. The van der Waals surface area contributed by atoms with Crippen LogP contribution < -0.4 is 11.0 Å². The van der Waals surface area contributed by atoms with Crippen LogP contribution >= 0.6 is 0 Å². The van der Waals surface area contributed by atoms with E-state index in [1.807, 2.05) is 37.3 Å². The number of aromatic nitrogens is 2. The Hall–Kier alpha value is -4.10. The van der Waals surface area contributed by atoms with Crippen molar-refractivity contribution in [1.82, 2.24) is 15.0 Å². The minimum absolute atomic E-state index is 0.0156. The molecule has 0 unspecified atom stereocenters. The van der Waals surface area contributed by atoms with Crippen LogP contribution in [0.2, 0.25) is 0 Å². The average molecular weight is 441 g/mol. The monoisotopic (exact) mass is 441 g/mol. The normalized spacial score (nSPS) is 10.8. The molecule has 7 heteroatoms. The molecule has 0 saturated heterocycles. The van der Waals surface area contributed by atoms with Gasteiger partial charge in [-0.25, -0.2) is 10.5 Å². The fourth-order valence-electron chi connectivity index (χ4n) is 3.87. The number of hydrogen-bond acceptors (Lipinski definition) is 5. The number of nitrogens with one attached hydrogen (secondary N) is 1. The summed E-state index contributed by atoms with van der Waals surface area (Å²) in [6.45, 7) is 2.04. The lowest BCUT2D eigenvalue weighted by atomic mass is 9.99. The summed E-state index contributed by atoms with van der Waals surface area (Å²) in [5.41, 5.74) is 3.89. The molecule has 0 fully saturated rings. The summed E-state index contributed by atoms with van der Waals surface area (Å²) in [6.07, 6.45) is 1.51. The third-order valence-electron chi connectivity index (χ3n) is 5.46. The Morgan fingerprint density at radius 3 is 2.30 bits per heavy atom. The van der Waals surface area contributed by atoms with E-state index >= 15 is 0 Å². The van der Waals surface area contributed by atoms with Gasteiger partial charge in [-0.3, -0.25) is 24.2 Å². The molecule has 0 radical (unpaired) electrons. The first-order valence-electron chi connectivity index (χ1n) is 10.7. The zero-order chi connectivity index (χ0) is 23.4. The summed E-state index contributed by atoms with van der Waals surface area (Å²) in [5, 5.41) is 9.16. The number of benzene rings is 3. The van der Waals surface area contributed by atoms with Crippen molar-refractivity contribution < 1.29 is 14.8 Å². The van der Waals surface area contributed by atoms with Gasteiger partial charge in [0.05, 0.1) is 16.6 Å². The molecule has 0 aliphatic heterocycles. The Balaban J connectivity index is 1.78. The highest BCUT2D eigenvalue weighted by atomic mass is 16.5. The highest BCUT2D eigenvalue weighted by Gasteiger charge is 2.17. The van der Waals surface area contributed by atoms with Gasteiger partial charge in [0.2, 0.25) is 0 Å². The maximum absolute atomic E-state index is 13.7. The average Bonchev–Trinajstić information content (AvgIpc) is 2.84. The van der Waals surface area contributed by atoms with Gasteiger partial charge in [0.25, 0.3) is 11.5 Å². The van der Waals surface area contributed by atoms with E-state index in [0.717, 1.165) is 12.1 Å². The second-order valence-electron chi connectivity index (χ2n) is 7.68. The number of aryl methyl sites for hydroxylation is 1. The van der Waals surface area contributed by atoms with E-state index in [-0.39, 0.29) is 23.3 Å². The van der Waals surface area contributed by atoms with Gasteiger partial charge in [-0.1, -0.05) is 49.4 Å². The first-order chi connectivity index (χ1) is 16.0. The van der Waals surface area contributed by atoms with Gasteiger partial charge >= 0.3 is 0 Å². The predicted octanol–water partition coefficient (Wildman–Crippen LogP) is 3.88. The molecule has 4 rings (SSSR count). The Kier molecular flexibility index (Phi) is 6.42. The summed E-state index contributed by atoms with van der Waals surface area (Å²) in [4.78, 5) is 42.9. The summed E-state index contributed by atoms with van der Waals surface area (Å²) in [6, 6.07) is 20.7. The molecule has 1 amide bonds. The van der Waals surface area contributed by atoms with Gasteiger partial charge in [-0.05, 0) is 42.3 Å². The van der Waals surface area contributed by atoms with E-state index in [4.69, 9.17) is 10.2 Å². The third-order valence-corrected chi connectivity index (χ3v) is 5.46. The van der Waals surface area contributed by atoms with E-state index in [0.29, 0.717) is 34.3 Å². The van der Waals surface area contributed by atoms with Crippen molar-refractivity contribution in [2.75, 3.05) is 0 Å². The van der Waals surface area contributed by atoms with Crippen molar-refractivity contribution in [3.05, 3.63) is 106 Å². The summed E-state index contributed by atoms with van der Waals surface area (Å²) in [5.74, 6) is -0.164. The molecule has 7 nitrogen and oxygen atoms in total. The lowest BCUT2D eigenvalue weighted by Gasteiger charge is -2.15. The number of amides is 1. The smallest absolute Gasteiger partial charge is 0.274 e. The number of para-hydroxylation sites is 1. The predicted molar refractivity (Wildman–Crippen MR) is 125 cm³/mol. The largest absolute Gasteiger partial charge is 0.294 e. The van der Waals surface area contributed by atoms with E-state index in [2.05, 4.69) is 0 Å². The lowest BCUT2D eigenvalue weighted by molar-refractivity contribution is 0.0706. The van der Waals surface area contributed by atoms with Crippen molar-refractivity contribution in [2.45, 2.75) is 26.2 Å². The molecule has 4 aromatic rings. The highest BCUT2D eigenvalue weighted by Crippen LogP contribution is 2.19. The van der Waals surface area contributed by atoms with E-state index < -0.39 is 5.91 Å². The maximum Gasteiger partial charge on any atom is 0.274 e. The number of hydrogen-bond donors (Lipinski definition) is 2. The summed E-state index contributed by atoms with van der Waals surface area (Å²) < 4.78 is 1.63. The fraction of sp³-hybridized carbons (Fsp3) is 0.154. The highest BCUT2D eigenvalue weighted by molar-refractivity contribution is 6.01. The zero-order valence-electron chi connectivity index (χ0n) is 18.1. The molecule has 33 heavy (non-hydrogen) atoms. The molecule has 0 aliphatic carbocycles. The molecule has 1 heterocycles. The van der Waals surface area contributed by atoms with Crippen molar-refractivity contribution in [3.63, 3.8) is 0 Å². The fourth-order valence-corrected chi connectivity index (χ4v) is 3.87. The van der Waals surface area contributed by atoms with Crippen LogP contribution in [-0.2, 0) is 12.8 Å². The number of Topliss-reactive ketones (excluding diaryl/α,β-unsaturated/α-hetero) is 1. The minimum atomic E-state index is -0.654. The van der Waals surface area contributed by atoms with E-state index in [1.165, 1.54) is 24.3 Å². The number of rotatable bonds is 7. The quantitative estimate of drug-likeness (QED) is 0.257. The van der Waals surface area contributed by atoms with E-state index in [9.17, 15) is 14.4 Å². The summed E-state index contributed by atoms with van der Waals surface area (Å²) >= 11 is 0. The van der Waals surface area contributed by atoms with Gasteiger partial charge in [-0.2, -0.15) is 0 Å². The van der Waals surface area contributed by atoms with Crippen LogP contribution in [0.3, 0.4) is 0 Å². The summed E-state index contributed by atoms with van der Waals surface area (Å²) in [7, 11) is 0. The van der Waals surface area contributed by atoms with Gasteiger partial charge in [0, 0.05) is 24.0 Å². The first-order valence-corrected chi connectivity index (χ1v) is 10.7. The van der Waals surface area contributed by atoms with Crippen molar-refractivity contribution in [2.24, 2.45) is 0 Å². The number of fused-ring (bicyclic) bond motifs is 1. The van der Waals surface area contributed by atoms with Crippen LogP contribution in [-0.4, -0.2) is 26.4 Å².